The van der Waals surface area contributed by atoms with E-state index in [1.54, 1.807) is 0 Å². The normalized spacial score (nSPS) is 18.2. The molecule has 1 saturated heterocycles. The highest BCUT2D eigenvalue weighted by atomic mass is 16.4. The molecule has 1 aromatic carbocycles. The first-order valence-electron chi connectivity index (χ1n) is 8.35. The Morgan fingerprint density at radius 1 is 1.30 bits per heavy atom. The molecule has 0 bridgehead atoms. The maximum absolute atomic E-state index is 12.1. The molecular weight excluding hydrogens is 290 g/mol. The minimum absolute atomic E-state index is 0.149. The summed E-state index contributed by atoms with van der Waals surface area (Å²) in [6, 6.07) is 8.05. The van der Waals surface area contributed by atoms with E-state index in [0.29, 0.717) is 24.7 Å². The number of aromatic nitrogens is 2. The van der Waals surface area contributed by atoms with Crippen molar-refractivity contribution in [2.45, 2.75) is 45.4 Å². The third-order valence-electron chi connectivity index (χ3n) is 4.33. The van der Waals surface area contributed by atoms with Crippen molar-refractivity contribution >= 4 is 5.91 Å². The van der Waals surface area contributed by atoms with Crippen LogP contribution in [0.1, 0.15) is 50.0 Å². The van der Waals surface area contributed by atoms with E-state index in [1.807, 2.05) is 43.0 Å². The highest BCUT2D eigenvalue weighted by molar-refractivity contribution is 5.76. The Morgan fingerprint density at radius 3 is 2.83 bits per heavy atom. The van der Waals surface area contributed by atoms with Gasteiger partial charge in [-0.3, -0.25) is 4.79 Å². The van der Waals surface area contributed by atoms with Crippen LogP contribution >= 0.6 is 0 Å². The average molecular weight is 313 g/mol. The Morgan fingerprint density at radius 2 is 2.09 bits per heavy atom. The van der Waals surface area contributed by atoms with Crippen molar-refractivity contribution in [3.05, 3.63) is 35.7 Å². The quantitative estimate of drug-likeness (QED) is 0.866. The molecule has 1 fully saturated rings. The summed E-state index contributed by atoms with van der Waals surface area (Å²) in [7, 11) is 0. The van der Waals surface area contributed by atoms with Crippen molar-refractivity contribution in [2.75, 3.05) is 13.1 Å². The van der Waals surface area contributed by atoms with Crippen LogP contribution in [-0.4, -0.2) is 34.1 Å². The largest absolute Gasteiger partial charge is 0.420 e. The Hall–Kier alpha value is -2.17. The number of carbonyl (C=O) groups excluding carboxylic acids is 1. The van der Waals surface area contributed by atoms with Crippen LogP contribution in [0, 0.1) is 6.92 Å². The first kappa shape index (κ1) is 15.7. The number of rotatable bonds is 4. The number of hydrogen-bond acceptors (Lipinski definition) is 4. The number of carbonyl (C=O) groups is 1. The zero-order valence-electron chi connectivity index (χ0n) is 13.8. The summed E-state index contributed by atoms with van der Waals surface area (Å²) in [5.41, 5.74) is 2.13. The van der Waals surface area contributed by atoms with E-state index in [0.717, 1.165) is 31.4 Å². The first-order chi connectivity index (χ1) is 11.2. The molecule has 0 N–H and O–H groups in total. The molecule has 23 heavy (non-hydrogen) atoms. The van der Waals surface area contributed by atoms with E-state index in [1.165, 1.54) is 5.56 Å². The van der Waals surface area contributed by atoms with Crippen molar-refractivity contribution in [1.29, 1.82) is 0 Å². The topological polar surface area (TPSA) is 59.2 Å². The Bertz CT molecular complexity index is 663. The van der Waals surface area contributed by atoms with Crippen LogP contribution in [0.4, 0.5) is 0 Å². The molecule has 1 aromatic heterocycles. The van der Waals surface area contributed by atoms with Crippen molar-refractivity contribution in [2.24, 2.45) is 0 Å². The lowest BCUT2D eigenvalue weighted by Crippen LogP contribution is -2.39. The predicted octanol–water partition coefficient (Wildman–Crippen LogP) is 3.55. The molecule has 5 heteroatoms. The number of aryl methyl sites for hydroxylation is 1. The Labute approximate surface area is 136 Å². The third kappa shape index (κ3) is 3.60. The SMILES string of the molecule is CCCC(=O)N1CCC[C@H](c2nnc(-c3ccc(C)cc3)o2)C1. The molecule has 1 aliphatic heterocycles. The van der Waals surface area contributed by atoms with Gasteiger partial charge in [0, 0.05) is 25.1 Å². The van der Waals surface area contributed by atoms with Crippen molar-refractivity contribution in [3.8, 4) is 11.5 Å². The number of piperidine rings is 1. The van der Waals surface area contributed by atoms with Gasteiger partial charge in [-0.25, -0.2) is 0 Å². The van der Waals surface area contributed by atoms with Crippen LogP contribution < -0.4 is 0 Å². The van der Waals surface area contributed by atoms with Gasteiger partial charge in [-0.1, -0.05) is 24.6 Å². The number of amides is 1. The summed E-state index contributed by atoms with van der Waals surface area (Å²) in [6.07, 6.45) is 3.48. The van der Waals surface area contributed by atoms with Gasteiger partial charge >= 0.3 is 0 Å². The number of benzene rings is 1. The smallest absolute Gasteiger partial charge is 0.247 e. The van der Waals surface area contributed by atoms with E-state index in [9.17, 15) is 4.79 Å². The zero-order chi connectivity index (χ0) is 16.2. The van der Waals surface area contributed by atoms with Crippen LogP contribution in [0.25, 0.3) is 11.5 Å². The van der Waals surface area contributed by atoms with Gasteiger partial charge in [0.2, 0.25) is 17.7 Å². The van der Waals surface area contributed by atoms with Gasteiger partial charge in [-0.15, -0.1) is 10.2 Å². The van der Waals surface area contributed by atoms with Crippen LogP contribution in [0.15, 0.2) is 28.7 Å². The van der Waals surface area contributed by atoms with Gasteiger partial charge < -0.3 is 9.32 Å². The molecule has 1 atom stereocenters. The van der Waals surface area contributed by atoms with Gasteiger partial charge in [-0.2, -0.15) is 0 Å². The molecular formula is C18H23N3O2. The molecule has 0 saturated carbocycles. The van der Waals surface area contributed by atoms with Gasteiger partial charge in [0.1, 0.15) is 0 Å². The first-order valence-corrected chi connectivity index (χ1v) is 8.35. The molecule has 0 spiro atoms. The minimum atomic E-state index is 0.149. The highest BCUT2D eigenvalue weighted by Crippen LogP contribution is 2.28. The van der Waals surface area contributed by atoms with Crippen LogP contribution in [0.5, 0.6) is 0 Å². The molecule has 2 aromatic rings. The molecule has 2 heterocycles. The molecule has 0 aliphatic carbocycles. The standard InChI is InChI=1S/C18H23N3O2/c1-3-5-16(22)21-11-4-6-15(12-21)18-20-19-17(23-18)14-9-7-13(2)8-10-14/h7-10,15H,3-6,11-12H2,1-2H3/t15-/m0/s1. The van der Waals surface area contributed by atoms with E-state index in [-0.39, 0.29) is 11.8 Å². The van der Waals surface area contributed by atoms with Crippen LogP contribution in [-0.2, 0) is 4.79 Å². The molecule has 1 amide bonds. The number of hydrogen-bond donors (Lipinski definition) is 0. The second-order valence-electron chi connectivity index (χ2n) is 6.24. The highest BCUT2D eigenvalue weighted by Gasteiger charge is 2.28. The van der Waals surface area contributed by atoms with E-state index < -0.39 is 0 Å². The number of likely N-dealkylation sites (tertiary alicyclic amines) is 1. The molecule has 3 rings (SSSR count). The summed E-state index contributed by atoms with van der Waals surface area (Å²) in [6.45, 7) is 5.61. The third-order valence-corrected chi connectivity index (χ3v) is 4.33. The average Bonchev–Trinajstić information content (AvgIpc) is 3.06. The van der Waals surface area contributed by atoms with Crippen molar-refractivity contribution in [1.82, 2.24) is 15.1 Å². The summed E-state index contributed by atoms with van der Waals surface area (Å²) < 4.78 is 5.88. The fourth-order valence-corrected chi connectivity index (χ4v) is 2.99. The fraction of sp³-hybridized carbons (Fsp3) is 0.500. The molecule has 5 nitrogen and oxygen atoms in total. The Balaban J connectivity index is 1.72. The lowest BCUT2D eigenvalue weighted by Gasteiger charge is -2.31. The summed E-state index contributed by atoms with van der Waals surface area (Å²) in [5, 5.41) is 8.40. The summed E-state index contributed by atoms with van der Waals surface area (Å²) >= 11 is 0. The van der Waals surface area contributed by atoms with Crippen molar-refractivity contribution < 1.29 is 9.21 Å². The maximum Gasteiger partial charge on any atom is 0.247 e. The second kappa shape index (κ2) is 6.94. The van der Waals surface area contributed by atoms with Crippen LogP contribution in [0.2, 0.25) is 0 Å². The minimum Gasteiger partial charge on any atom is -0.420 e. The van der Waals surface area contributed by atoms with Gasteiger partial charge in [0.05, 0.1) is 5.92 Å². The van der Waals surface area contributed by atoms with Crippen LogP contribution in [0.3, 0.4) is 0 Å². The maximum atomic E-state index is 12.1. The fourth-order valence-electron chi connectivity index (χ4n) is 2.99. The molecule has 0 unspecified atom stereocenters. The monoisotopic (exact) mass is 313 g/mol. The lowest BCUT2D eigenvalue weighted by molar-refractivity contribution is -0.132. The zero-order valence-corrected chi connectivity index (χ0v) is 13.8. The van der Waals surface area contributed by atoms with E-state index in [2.05, 4.69) is 10.2 Å². The van der Waals surface area contributed by atoms with Gasteiger partial charge in [-0.05, 0) is 38.3 Å². The van der Waals surface area contributed by atoms with Gasteiger partial charge in [0.25, 0.3) is 0 Å². The molecule has 122 valence electrons. The lowest BCUT2D eigenvalue weighted by atomic mass is 9.97. The van der Waals surface area contributed by atoms with E-state index in [4.69, 9.17) is 4.42 Å². The Kier molecular flexibility index (Phi) is 4.74. The number of nitrogens with zero attached hydrogens (tertiary/aromatic N) is 3. The second-order valence-corrected chi connectivity index (χ2v) is 6.24. The summed E-state index contributed by atoms with van der Waals surface area (Å²) in [4.78, 5) is 14.0. The van der Waals surface area contributed by atoms with Gasteiger partial charge in [0.15, 0.2) is 0 Å². The molecule has 1 aliphatic rings. The predicted molar refractivity (Wildman–Crippen MR) is 87.9 cm³/mol. The van der Waals surface area contributed by atoms with Crippen molar-refractivity contribution in [3.63, 3.8) is 0 Å². The summed E-state index contributed by atoms with van der Waals surface area (Å²) in [5.74, 6) is 1.58. The molecule has 0 radical (unpaired) electrons. The van der Waals surface area contributed by atoms with E-state index >= 15 is 0 Å².